The number of hydrogen-bond donors (Lipinski definition) is 4. The molecule has 2 heterocycles. The number of ether oxygens (including phenoxy) is 3. The lowest BCUT2D eigenvalue weighted by Crippen LogP contribution is -2.32. The third-order valence-corrected chi connectivity index (χ3v) is 5.77. The fourth-order valence-electron chi connectivity index (χ4n) is 3.99. The highest BCUT2D eigenvalue weighted by molar-refractivity contribution is 6.30. The summed E-state index contributed by atoms with van der Waals surface area (Å²) >= 11 is 6.31. The number of carboxylic acid groups (broad SMARTS) is 1. The van der Waals surface area contributed by atoms with Crippen molar-refractivity contribution in [1.82, 2.24) is 9.88 Å². The molecule has 0 fully saturated rings. The standard InChI is InChI=1S/C20H20ClNO3.C5H12N2O.C4H10.CH2O2/c1-23-18-7-3-6-15(20(18)24-2)19-16-11-13(21)8-9-17(16)22-10-4-5-14(22)12-25-19;1-2-7-3-5(6)4-8;1-4(2)3;2-1-3/h3-11,15,19-20H,12H2,1-2H3;3,7-8H,2,4,6H2,1H3;4H,1-3H3;1H,(H,2,3)/b;5-3-;;. The number of benzene rings is 1. The average molecular weight is 578 g/mol. The molecule has 0 amide bonds. The Morgan fingerprint density at radius 3 is 2.55 bits per heavy atom. The zero-order valence-electron chi connectivity index (χ0n) is 24.2. The number of nitrogens with two attached hydrogens (primary N) is 1. The van der Waals surface area contributed by atoms with E-state index in [-0.39, 0.29) is 31.2 Å². The summed E-state index contributed by atoms with van der Waals surface area (Å²) in [5.74, 6) is 1.62. The predicted octanol–water partition coefficient (Wildman–Crippen LogP) is 5.18. The van der Waals surface area contributed by atoms with E-state index in [0.29, 0.717) is 17.3 Å². The highest BCUT2D eigenvalue weighted by atomic mass is 35.5. The SMILES string of the molecule is CC(C)C.CCN/C=C(\N)CO.COC1=CC=CC(C2OCc3cccn3-c3ccc(Cl)cc32)C1OC.O=CO. The van der Waals surface area contributed by atoms with Crippen LogP contribution in [0, 0.1) is 11.8 Å². The van der Waals surface area contributed by atoms with Crippen molar-refractivity contribution < 1.29 is 29.2 Å². The van der Waals surface area contributed by atoms with E-state index in [2.05, 4.69) is 49.0 Å². The van der Waals surface area contributed by atoms with Gasteiger partial charge in [0.15, 0.2) is 0 Å². The van der Waals surface area contributed by atoms with Gasteiger partial charge in [0.05, 0.1) is 32.1 Å². The van der Waals surface area contributed by atoms with Gasteiger partial charge in [-0.15, -0.1) is 0 Å². The van der Waals surface area contributed by atoms with Gasteiger partial charge < -0.3 is 40.0 Å². The van der Waals surface area contributed by atoms with Gasteiger partial charge in [0.2, 0.25) is 0 Å². The maximum atomic E-state index is 8.36. The fourth-order valence-corrected chi connectivity index (χ4v) is 4.17. The van der Waals surface area contributed by atoms with Crippen LogP contribution in [0.2, 0.25) is 5.02 Å². The molecule has 10 heteroatoms. The quantitative estimate of drug-likeness (QED) is 0.346. The molecule has 0 saturated heterocycles. The Kier molecular flexibility index (Phi) is 16.5. The van der Waals surface area contributed by atoms with Crippen molar-refractivity contribution in [3.63, 3.8) is 0 Å². The number of aliphatic hydroxyl groups is 1. The first-order chi connectivity index (χ1) is 19.2. The topological polar surface area (TPSA) is 128 Å². The van der Waals surface area contributed by atoms with Crippen LogP contribution in [0.1, 0.15) is 45.1 Å². The monoisotopic (exact) mass is 577 g/mol. The summed E-state index contributed by atoms with van der Waals surface area (Å²) < 4.78 is 19.7. The Morgan fingerprint density at radius 2 is 1.98 bits per heavy atom. The van der Waals surface area contributed by atoms with Gasteiger partial charge >= 0.3 is 0 Å². The van der Waals surface area contributed by atoms with Gasteiger partial charge in [-0.2, -0.15) is 0 Å². The van der Waals surface area contributed by atoms with Crippen molar-refractivity contribution >= 4 is 18.1 Å². The first-order valence-corrected chi connectivity index (χ1v) is 13.5. The van der Waals surface area contributed by atoms with Crippen LogP contribution in [0.25, 0.3) is 5.69 Å². The van der Waals surface area contributed by atoms with Crippen molar-refractivity contribution in [2.45, 2.75) is 46.5 Å². The lowest BCUT2D eigenvalue weighted by molar-refractivity contribution is -0.122. The molecular weight excluding hydrogens is 534 g/mol. The molecule has 2 aromatic rings. The van der Waals surface area contributed by atoms with Crippen LogP contribution in [-0.2, 0) is 25.6 Å². The molecule has 2 aliphatic rings. The summed E-state index contributed by atoms with van der Waals surface area (Å²) in [4.78, 5) is 8.36. The van der Waals surface area contributed by atoms with Gasteiger partial charge in [0, 0.05) is 53.9 Å². The molecule has 3 atom stereocenters. The van der Waals surface area contributed by atoms with Gasteiger partial charge in [-0.05, 0) is 49.2 Å². The number of nitrogens with zero attached hydrogens (tertiary/aromatic N) is 1. The number of rotatable bonds is 6. The molecule has 0 bridgehead atoms. The first-order valence-electron chi connectivity index (χ1n) is 13.1. The smallest absolute Gasteiger partial charge is 0.290 e. The Hall–Kier alpha value is -3.24. The summed E-state index contributed by atoms with van der Waals surface area (Å²) in [5.41, 5.74) is 8.92. The Morgan fingerprint density at radius 1 is 1.30 bits per heavy atom. The molecule has 40 heavy (non-hydrogen) atoms. The Balaban J connectivity index is 0.000000445. The van der Waals surface area contributed by atoms with Crippen LogP contribution in [0.15, 0.2) is 72.4 Å². The zero-order valence-corrected chi connectivity index (χ0v) is 25.0. The molecule has 222 valence electrons. The van der Waals surface area contributed by atoms with Crippen molar-refractivity contribution in [3.8, 4) is 5.69 Å². The third kappa shape index (κ3) is 10.7. The lowest BCUT2D eigenvalue weighted by atomic mass is 9.86. The summed E-state index contributed by atoms with van der Waals surface area (Å²) in [7, 11) is 3.36. The molecule has 4 rings (SSSR count). The summed E-state index contributed by atoms with van der Waals surface area (Å²) in [5, 5.41) is 18.8. The normalized spacial score (nSPS) is 19.1. The second-order valence-electron chi connectivity index (χ2n) is 9.47. The molecule has 5 N–H and O–H groups in total. The molecule has 0 saturated carbocycles. The maximum absolute atomic E-state index is 8.36. The van der Waals surface area contributed by atoms with E-state index in [1.807, 2.05) is 43.3 Å². The molecule has 9 nitrogen and oxygen atoms in total. The van der Waals surface area contributed by atoms with Gasteiger partial charge in [-0.1, -0.05) is 44.5 Å². The van der Waals surface area contributed by atoms with E-state index in [1.165, 1.54) is 0 Å². The van der Waals surface area contributed by atoms with Crippen LogP contribution in [0.5, 0.6) is 0 Å². The molecular formula is C30H44ClN3O6. The minimum atomic E-state index is -0.250. The molecule has 0 spiro atoms. The minimum Gasteiger partial charge on any atom is -0.498 e. The lowest BCUT2D eigenvalue weighted by Gasteiger charge is -2.33. The third-order valence-electron chi connectivity index (χ3n) is 5.54. The second kappa shape index (κ2) is 18.9. The number of fused-ring (bicyclic) bond motifs is 3. The number of carbonyl (C=O) groups is 1. The molecule has 1 aliphatic carbocycles. The van der Waals surface area contributed by atoms with E-state index in [0.717, 1.165) is 35.2 Å². The minimum absolute atomic E-state index is 0.00762. The van der Waals surface area contributed by atoms with Gasteiger partial charge in [-0.3, -0.25) is 4.79 Å². The van der Waals surface area contributed by atoms with Crippen LogP contribution >= 0.6 is 11.6 Å². The molecule has 1 aromatic heterocycles. The molecule has 0 radical (unpaired) electrons. The highest BCUT2D eigenvalue weighted by Gasteiger charge is 2.37. The Bertz CT molecular complexity index is 1110. The van der Waals surface area contributed by atoms with Gasteiger partial charge in [-0.25, -0.2) is 0 Å². The van der Waals surface area contributed by atoms with Gasteiger partial charge in [0.1, 0.15) is 11.9 Å². The van der Waals surface area contributed by atoms with Crippen LogP contribution < -0.4 is 11.1 Å². The predicted molar refractivity (Wildman–Crippen MR) is 159 cm³/mol. The largest absolute Gasteiger partial charge is 0.498 e. The van der Waals surface area contributed by atoms with Crippen LogP contribution in [0.4, 0.5) is 0 Å². The second-order valence-corrected chi connectivity index (χ2v) is 9.90. The summed E-state index contributed by atoms with van der Waals surface area (Å²) in [6.07, 6.45) is 9.31. The average Bonchev–Trinajstić information content (AvgIpc) is 3.35. The molecule has 1 aliphatic heterocycles. The maximum Gasteiger partial charge on any atom is 0.290 e. The highest BCUT2D eigenvalue weighted by Crippen LogP contribution is 2.41. The number of allylic oxidation sites excluding steroid dienone is 2. The number of nitrogens with one attached hydrogen (secondary N) is 1. The van der Waals surface area contributed by atoms with Gasteiger partial charge in [0.25, 0.3) is 6.47 Å². The Labute approximate surface area is 242 Å². The van der Waals surface area contributed by atoms with Crippen LogP contribution in [-0.4, -0.2) is 54.7 Å². The van der Waals surface area contributed by atoms with E-state index < -0.39 is 0 Å². The zero-order chi connectivity index (χ0) is 30.1. The summed E-state index contributed by atoms with van der Waals surface area (Å²) in [6, 6.07) is 10.1. The van der Waals surface area contributed by atoms with Crippen LogP contribution in [0.3, 0.4) is 0 Å². The number of methoxy groups -OCH3 is 2. The number of hydrogen-bond acceptors (Lipinski definition) is 7. The number of aliphatic hydroxyl groups excluding tert-OH is 1. The molecule has 1 aromatic carbocycles. The van der Waals surface area contributed by atoms with Crippen molar-refractivity contribution in [3.05, 3.63) is 88.7 Å². The molecule has 3 unspecified atom stereocenters. The fraction of sp³-hybridized carbons (Fsp3) is 0.433. The summed E-state index contributed by atoms with van der Waals surface area (Å²) in [6.45, 7) is 9.49. The van der Waals surface area contributed by atoms with Crippen molar-refractivity contribution in [2.24, 2.45) is 17.6 Å². The number of halogens is 1. The van der Waals surface area contributed by atoms with E-state index >= 15 is 0 Å². The van der Waals surface area contributed by atoms with Crippen molar-refractivity contribution in [1.29, 1.82) is 0 Å². The number of aromatic nitrogens is 1. The first kappa shape index (κ1) is 34.8. The van der Waals surface area contributed by atoms with E-state index in [1.54, 1.807) is 20.4 Å². The van der Waals surface area contributed by atoms with Crippen molar-refractivity contribution in [2.75, 3.05) is 27.4 Å². The van der Waals surface area contributed by atoms with E-state index in [4.69, 9.17) is 46.6 Å². The van der Waals surface area contributed by atoms with E-state index in [9.17, 15) is 0 Å².